The second kappa shape index (κ2) is 5.34. The summed E-state index contributed by atoms with van der Waals surface area (Å²) in [6, 6.07) is 5.23. The van der Waals surface area contributed by atoms with Gasteiger partial charge in [-0.15, -0.1) is 0 Å². The lowest BCUT2D eigenvalue weighted by Crippen LogP contribution is -2.22. The van der Waals surface area contributed by atoms with Gasteiger partial charge in [-0.25, -0.2) is 19.3 Å². The molecule has 4 rings (SSSR count). The van der Waals surface area contributed by atoms with Crippen LogP contribution in [-0.2, 0) is 0 Å². The second-order valence-corrected chi connectivity index (χ2v) is 5.32. The first-order valence-corrected chi connectivity index (χ1v) is 7.23. The molecule has 1 unspecified atom stereocenters. The molecule has 1 fully saturated rings. The van der Waals surface area contributed by atoms with E-state index in [9.17, 15) is 4.39 Å². The number of aromatic nitrogens is 4. The molecule has 4 heterocycles. The minimum atomic E-state index is -0.321. The number of fused-ring (bicyclic) bond motifs is 1. The number of nitrogens with one attached hydrogen (secondary N) is 2. The Bertz CT molecular complexity index is 809. The minimum Gasteiger partial charge on any atom is -0.366 e. The average molecular weight is 298 g/mol. The van der Waals surface area contributed by atoms with Crippen LogP contribution in [0, 0.1) is 5.82 Å². The third kappa shape index (κ3) is 2.39. The largest absolute Gasteiger partial charge is 0.366 e. The molecule has 6 nitrogen and oxygen atoms in total. The number of anilines is 1. The van der Waals surface area contributed by atoms with Crippen molar-refractivity contribution in [3.05, 3.63) is 42.6 Å². The lowest BCUT2D eigenvalue weighted by atomic mass is 10.2. The third-order valence-corrected chi connectivity index (χ3v) is 3.77. The summed E-state index contributed by atoms with van der Waals surface area (Å²) in [5, 5.41) is 6.69. The number of imidazole rings is 1. The van der Waals surface area contributed by atoms with Crippen LogP contribution in [0.1, 0.15) is 6.42 Å². The molecule has 112 valence electrons. The first kappa shape index (κ1) is 13.1. The zero-order valence-electron chi connectivity index (χ0n) is 11.8. The first-order chi connectivity index (χ1) is 10.8. The van der Waals surface area contributed by atoms with Crippen molar-refractivity contribution in [3.63, 3.8) is 0 Å². The molecule has 1 atom stereocenters. The maximum atomic E-state index is 13.5. The number of hydrogen-bond acceptors (Lipinski definition) is 5. The Morgan fingerprint density at radius 2 is 2.23 bits per heavy atom. The van der Waals surface area contributed by atoms with Gasteiger partial charge in [0.2, 0.25) is 0 Å². The molecule has 0 bridgehead atoms. The smallest absolute Gasteiger partial charge is 0.180 e. The molecule has 3 aromatic rings. The summed E-state index contributed by atoms with van der Waals surface area (Å²) in [5.41, 5.74) is 1.33. The summed E-state index contributed by atoms with van der Waals surface area (Å²) < 4.78 is 15.1. The van der Waals surface area contributed by atoms with E-state index in [-0.39, 0.29) is 5.82 Å². The fraction of sp³-hybridized carbons (Fsp3) is 0.267. The van der Waals surface area contributed by atoms with E-state index in [0.29, 0.717) is 23.2 Å². The first-order valence-electron chi connectivity index (χ1n) is 7.23. The Kier molecular flexibility index (Phi) is 3.19. The van der Waals surface area contributed by atoms with E-state index in [1.807, 2.05) is 6.07 Å². The predicted octanol–water partition coefficient (Wildman–Crippen LogP) is 1.70. The van der Waals surface area contributed by atoms with E-state index in [0.717, 1.165) is 25.3 Å². The summed E-state index contributed by atoms with van der Waals surface area (Å²) >= 11 is 0. The fourth-order valence-electron chi connectivity index (χ4n) is 2.67. The third-order valence-electron chi connectivity index (χ3n) is 3.77. The molecule has 7 heteroatoms. The zero-order chi connectivity index (χ0) is 14.9. The average Bonchev–Trinajstić information content (AvgIpc) is 3.16. The molecular weight excluding hydrogens is 283 g/mol. The molecule has 0 aliphatic carbocycles. The van der Waals surface area contributed by atoms with Gasteiger partial charge in [-0.1, -0.05) is 0 Å². The van der Waals surface area contributed by atoms with Gasteiger partial charge in [0, 0.05) is 25.0 Å². The van der Waals surface area contributed by atoms with Crippen LogP contribution in [0.3, 0.4) is 0 Å². The van der Waals surface area contributed by atoms with Crippen LogP contribution in [0.2, 0.25) is 0 Å². The summed E-state index contributed by atoms with van der Waals surface area (Å²) in [7, 11) is 0. The lowest BCUT2D eigenvalue weighted by molar-refractivity contribution is 0.619. The Hall–Kier alpha value is -2.54. The molecule has 3 aromatic heterocycles. The van der Waals surface area contributed by atoms with Crippen LogP contribution in [0.15, 0.2) is 36.8 Å². The highest BCUT2D eigenvalue weighted by Gasteiger charge is 2.15. The standard InChI is InChI=1S/C15H15FN6/c16-10-1-2-14-19-8-12(22(14)9-10)15-18-6-4-13(21-15)20-11-3-5-17-7-11/h1-2,4,6,8-9,11,17H,3,5,7H2,(H,18,20,21). The summed E-state index contributed by atoms with van der Waals surface area (Å²) in [4.78, 5) is 13.1. The van der Waals surface area contributed by atoms with E-state index >= 15 is 0 Å². The molecular formula is C15H15FN6. The highest BCUT2D eigenvalue weighted by atomic mass is 19.1. The van der Waals surface area contributed by atoms with E-state index in [2.05, 4.69) is 25.6 Å². The molecule has 1 aliphatic rings. The second-order valence-electron chi connectivity index (χ2n) is 5.32. The van der Waals surface area contributed by atoms with Crippen LogP contribution in [0.4, 0.5) is 10.2 Å². The molecule has 1 saturated heterocycles. The quantitative estimate of drug-likeness (QED) is 0.770. The lowest BCUT2D eigenvalue weighted by Gasteiger charge is -2.12. The Labute approximate surface area is 126 Å². The fourth-order valence-corrected chi connectivity index (χ4v) is 2.67. The van der Waals surface area contributed by atoms with Crippen molar-refractivity contribution in [1.82, 2.24) is 24.7 Å². The molecule has 0 aromatic carbocycles. The topological polar surface area (TPSA) is 67.1 Å². The summed E-state index contributed by atoms with van der Waals surface area (Å²) in [6.07, 6.45) is 5.82. The molecule has 2 N–H and O–H groups in total. The van der Waals surface area contributed by atoms with Gasteiger partial charge in [0.15, 0.2) is 5.82 Å². The van der Waals surface area contributed by atoms with Gasteiger partial charge >= 0.3 is 0 Å². The molecule has 1 aliphatic heterocycles. The Balaban J connectivity index is 1.70. The molecule has 0 amide bonds. The SMILES string of the molecule is Fc1ccc2ncc(-c3nccc(NC4CCNC4)n3)n2c1. The zero-order valence-corrected chi connectivity index (χ0v) is 11.8. The molecule has 0 radical (unpaired) electrons. The van der Waals surface area contributed by atoms with Gasteiger partial charge in [-0.05, 0) is 31.2 Å². The van der Waals surface area contributed by atoms with Crippen molar-refractivity contribution >= 4 is 11.5 Å². The molecule has 22 heavy (non-hydrogen) atoms. The van der Waals surface area contributed by atoms with Crippen molar-refractivity contribution in [2.45, 2.75) is 12.5 Å². The highest BCUT2D eigenvalue weighted by molar-refractivity contribution is 5.58. The number of nitrogens with zero attached hydrogens (tertiary/aromatic N) is 4. The highest BCUT2D eigenvalue weighted by Crippen LogP contribution is 2.19. The number of pyridine rings is 1. The van der Waals surface area contributed by atoms with Crippen molar-refractivity contribution < 1.29 is 4.39 Å². The summed E-state index contributed by atoms with van der Waals surface area (Å²) in [6.45, 7) is 1.95. The van der Waals surface area contributed by atoms with E-state index in [4.69, 9.17) is 0 Å². The van der Waals surface area contributed by atoms with E-state index in [1.165, 1.54) is 12.3 Å². The van der Waals surface area contributed by atoms with Gasteiger partial charge in [-0.3, -0.25) is 4.40 Å². The Morgan fingerprint density at radius 3 is 3.09 bits per heavy atom. The van der Waals surface area contributed by atoms with Crippen LogP contribution in [0.25, 0.3) is 17.2 Å². The van der Waals surface area contributed by atoms with Crippen molar-refractivity contribution in [1.29, 1.82) is 0 Å². The van der Waals surface area contributed by atoms with Gasteiger partial charge < -0.3 is 10.6 Å². The monoisotopic (exact) mass is 298 g/mol. The van der Waals surface area contributed by atoms with Crippen molar-refractivity contribution in [2.24, 2.45) is 0 Å². The van der Waals surface area contributed by atoms with Crippen LogP contribution < -0.4 is 10.6 Å². The normalized spacial score (nSPS) is 18.0. The van der Waals surface area contributed by atoms with Gasteiger partial charge in [0.25, 0.3) is 0 Å². The molecule has 0 saturated carbocycles. The maximum absolute atomic E-state index is 13.5. The van der Waals surface area contributed by atoms with Gasteiger partial charge in [0.1, 0.15) is 23.0 Å². The van der Waals surface area contributed by atoms with Crippen LogP contribution in [-0.4, -0.2) is 38.5 Å². The number of hydrogen-bond donors (Lipinski definition) is 2. The van der Waals surface area contributed by atoms with Crippen LogP contribution in [0.5, 0.6) is 0 Å². The minimum absolute atomic E-state index is 0.321. The summed E-state index contributed by atoms with van der Waals surface area (Å²) in [5.74, 6) is 0.970. The number of halogens is 1. The van der Waals surface area contributed by atoms with E-state index in [1.54, 1.807) is 22.9 Å². The van der Waals surface area contributed by atoms with Gasteiger partial charge in [0.05, 0.1) is 6.20 Å². The van der Waals surface area contributed by atoms with Crippen LogP contribution >= 0.6 is 0 Å². The number of rotatable bonds is 3. The van der Waals surface area contributed by atoms with Crippen molar-refractivity contribution in [3.8, 4) is 11.5 Å². The van der Waals surface area contributed by atoms with Crippen molar-refractivity contribution in [2.75, 3.05) is 18.4 Å². The Morgan fingerprint density at radius 1 is 1.27 bits per heavy atom. The maximum Gasteiger partial charge on any atom is 0.180 e. The molecule has 0 spiro atoms. The van der Waals surface area contributed by atoms with Gasteiger partial charge in [-0.2, -0.15) is 0 Å². The predicted molar refractivity (Wildman–Crippen MR) is 81.1 cm³/mol. The van der Waals surface area contributed by atoms with E-state index < -0.39 is 0 Å².